The third kappa shape index (κ3) is 6.83. The topological polar surface area (TPSA) is 90.2 Å². The lowest BCUT2D eigenvalue weighted by atomic mass is 9.83. The Morgan fingerprint density at radius 3 is 2.68 bits per heavy atom. The highest BCUT2D eigenvalue weighted by Crippen LogP contribution is 2.26. The fourth-order valence-corrected chi connectivity index (χ4v) is 4.86. The van der Waals surface area contributed by atoms with Crippen molar-refractivity contribution in [2.75, 3.05) is 20.6 Å². The van der Waals surface area contributed by atoms with Crippen LogP contribution in [-0.4, -0.2) is 54.0 Å². The second-order valence-electron chi connectivity index (χ2n) is 10.2. The summed E-state index contributed by atoms with van der Waals surface area (Å²) in [6.45, 7) is 6.04. The Kier molecular flexibility index (Phi) is 9.12. The Hall–Kier alpha value is -2.85. The number of hydrogen-bond acceptors (Lipinski definition) is 4. The monoisotopic (exact) mass is 465 g/mol. The van der Waals surface area contributed by atoms with Gasteiger partial charge in [0.05, 0.1) is 12.0 Å². The Labute approximate surface area is 203 Å². The number of carbonyl (C=O) groups excluding carboxylic acids is 2. The van der Waals surface area contributed by atoms with Gasteiger partial charge in [0.2, 0.25) is 5.91 Å². The third-order valence-electron chi connectivity index (χ3n) is 6.64. The van der Waals surface area contributed by atoms with Crippen LogP contribution in [0.3, 0.4) is 0 Å². The molecular weight excluding hydrogens is 426 g/mol. The zero-order valence-electron chi connectivity index (χ0n) is 21.0. The van der Waals surface area contributed by atoms with Crippen LogP contribution in [0.4, 0.5) is 0 Å². The lowest BCUT2D eigenvalue weighted by molar-refractivity contribution is -0.127. The van der Waals surface area contributed by atoms with E-state index in [1.807, 2.05) is 32.0 Å². The smallest absolute Gasteiger partial charge is 0.251 e. The fourth-order valence-electron chi connectivity index (χ4n) is 4.86. The van der Waals surface area contributed by atoms with Crippen LogP contribution in [-0.2, 0) is 11.3 Å². The number of carbonyl (C=O) groups is 2. The minimum atomic E-state index is -0.491. The molecule has 1 aromatic heterocycles. The number of benzene rings is 1. The van der Waals surface area contributed by atoms with E-state index in [4.69, 9.17) is 0 Å². The van der Waals surface area contributed by atoms with E-state index in [0.29, 0.717) is 17.9 Å². The van der Waals surface area contributed by atoms with Crippen LogP contribution < -0.4 is 10.6 Å². The average Bonchev–Trinajstić information content (AvgIpc) is 3.20. The van der Waals surface area contributed by atoms with E-state index < -0.39 is 6.04 Å². The molecule has 0 radical (unpaired) electrons. The van der Waals surface area contributed by atoms with Gasteiger partial charge in [-0.2, -0.15) is 5.26 Å². The van der Waals surface area contributed by atoms with Crippen LogP contribution in [0.25, 0.3) is 10.9 Å². The second kappa shape index (κ2) is 12.0. The van der Waals surface area contributed by atoms with Crippen molar-refractivity contribution in [2.24, 2.45) is 11.8 Å². The van der Waals surface area contributed by atoms with Gasteiger partial charge in [0.15, 0.2) is 0 Å². The van der Waals surface area contributed by atoms with Crippen LogP contribution in [0.1, 0.15) is 62.7 Å². The number of amides is 2. The molecule has 2 amide bonds. The van der Waals surface area contributed by atoms with E-state index in [1.165, 1.54) is 0 Å². The second-order valence-corrected chi connectivity index (χ2v) is 10.2. The van der Waals surface area contributed by atoms with Crippen LogP contribution in [0.2, 0.25) is 0 Å². The van der Waals surface area contributed by atoms with Crippen molar-refractivity contribution in [2.45, 2.75) is 71.0 Å². The number of fused-ring (bicyclic) bond motifs is 1. The van der Waals surface area contributed by atoms with E-state index in [2.05, 4.69) is 52.5 Å². The van der Waals surface area contributed by atoms with Crippen LogP contribution >= 0.6 is 0 Å². The van der Waals surface area contributed by atoms with Gasteiger partial charge in [0.1, 0.15) is 6.04 Å². The normalized spacial score (nSPS) is 19.2. The van der Waals surface area contributed by atoms with Crippen molar-refractivity contribution in [3.8, 4) is 6.07 Å². The molecule has 1 aliphatic rings. The van der Waals surface area contributed by atoms with Gasteiger partial charge in [-0.3, -0.25) is 9.59 Å². The van der Waals surface area contributed by atoms with Crippen molar-refractivity contribution >= 4 is 22.7 Å². The number of nitrogens with one attached hydrogen (secondary N) is 2. The molecule has 7 nitrogen and oxygen atoms in total. The largest absolute Gasteiger partial charge is 0.349 e. The summed E-state index contributed by atoms with van der Waals surface area (Å²) in [4.78, 5) is 28.2. The van der Waals surface area contributed by atoms with Crippen LogP contribution in [0.15, 0.2) is 30.5 Å². The highest BCUT2D eigenvalue weighted by molar-refractivity contribution is 5.98. The molecule has 1 heterocycles. The number of nitriles is 1. The predicted octanol–water partition coefficient (Wildman–Crippen LogP) is 3.94. The van der Waals surface area contributed by atoms with E-state index in [1.54, 1.807) is 0 Å². The highest BCUT2D eigenvalue weighted by Gasteiger charge is 2.33. The summed E-state index contributed by atoms with van der Waals surface area (Å²) >= 11 is 0. The van der Waals surface area contributed by atoms with Gasteiger partial charge in [0.25, 0.3) is 5.91 Å². The molecule has 0 aliphatic heterocycles. The van der Waals surface area contributed by atoms with Gasteiger partial charge in [-0.1, -0.05) is 26.7 Å². The Morgan fingerprint density at radius 1 is 1.21 bits per heavy atom. The van der Waals surface area contributed by atoms with Gasteiger partial charge in [-0.05, 0) is 76.5 Å². The van der Waals surface area contributed by atoms with E-state index in [9.17, 15) is 14.9 Å². The number of nitrogens with zero attached hydrogens (tertiary/aromatic N) is 3. The maximum Gasteiger partial charge on any atom is 0.251 e. The molecule has 1 fully saturated rings. The molecule has 1 saturated carbocycles. The average molecular weight is 466 g/mol. The molecule has 184 valence electrons. The Morgan fingerprint density at radius 2 is 1.97 bits per heavy atom. The van der Waals surface area contributed by atoms with Gasteiger partial charge < -0.3 is 20.1 Å². The van der Waals surface area contributed by atoms with Gasteiger partial charge in [-0.25, -0.2) is 0 Å². The molecule has 1 aromatic carbocycles. The minimum absolute atomic E-state index is 0.123. The third-order valence-corrected chi connectivity index (χ3v) is 6.64. The summed E-state index contributed by atoms with van der Waals surface area (Å²) in [5.41, 5.74) is 1.73. The quantitative estimate of drug-likeness (QED) is 0.556. The summed E-state index contributed by atoms with van der Waals surface area (Å²) in [6, 6.07) is 9.35. The maximum atomic E-state index is 13.1. The molecular formula is C27H39N5O2. The molecule has 7 heteroatoms. The van der Waals surface area contributed by atoms with E-state index >= 15 is 0 Å². The molecule has 34 heavy (non-hydrogen) atoms. The summed E-state index contributed by atoms with van der Waals surface area (Å²) < 4.78 is 2.23. The number of aryl methyl sites for hydroxylation is 1. The summed E-state index contributed by atoms with van der Waals surface area (Å²) in [6.07, 6.45) is 7.21. The zero-order chi connectivity index (χ0) is 24.7. The SMILES string of the molecule is CC(C)C[C@@H](C#N)NC(=O)[C@@H]1CCCC[C@@H]1NC(=O)c1ccc2c(ccn2CCCN(C)C)c1. The molecule has 1 aliphatic carbocycles. The predicted molar refractivity (Wildman–Crippen MR) is 135 cm³/mol. The molecule has 0 saturated heterocycles. The molecule has 0 unspecified atom stereocenters. The summed E-state index contributed by atoms with van der Waals surface area (Å²) in [7, 11) is 4.15. The van der Waals surface area contributed by atoms with E-state index in [-0.39, 0.29) is 23.8 Å². The van der Waals surface area contributed by atoms with Gasteiger partial charge >= 0.3 is 0 Å². The van der Waals surface area contributed by atoms with Crippen molar-refractivity contribution in [3.05, 3.63) is 36.0 Å². The lowest BCUT2D eigenvalue weighted by Gasteiger charge is -2.32. The molecule has 2 aromatic rings. The first-order valence-electron chi connectivity index (χ1n) is 12.5. The number of hydrogen-bond donors (Lipinski definition) is 2. The first-order valence-corrected chi connectivity index (χ1v) is 12.5. The lowest BCUT2D eigenvalue weighted by Crippen LogP contribution is -2.50. The highest BCUT2D eigenvalue weighted by atomic mass is 16.2. The van der Waals surface area contributed by atoms with Gasteiger partial charge in [0, 0.05) is 35.2 Å². The van der Waals surface area contributed by atoms with Gasteiger partial charge in [-0.15, -0.1) is 0 Å². The zero-order valence-corrected chi connectivity index (χ0v) is 21.0. The van der Waals surface area contributed by atoms with Crippen molar-refractivity contribution in [3.63, 3.8) is 0 Å². The van der Waals surface area contributed by atoms with Crippen LogP contribution in [0, 0.1) is 23.2 Å². The van der Waals surface area contributed by atoms with Crippen LogP contribution in [0.5, 0.6) is 0 Å². The molecule has 3 rings (SSSR count). The summed E-state index contributed by atoms with van der Waals surface area (Å²) in [5, 5.41) is 16.5. The molecule has 0 spiro atoms. The van der Waals surface area contributed by atoms with Crippen molar-refractivity contribution < 1.29 is 9.59 Å². The van der Waals surface area contributed by atoms with Crippen molar-refractivity contribution in [1.29, 1.82) is 5.26 Å². The first-order chi connectivity index (χ1) is 16.3. The van der Waals surface area contributed by atoms with Crippen molar-refractivity contribution in [1.82, 2.24) is 20.1 Å². The Balaban J connectivity index is 1.65. The van der Waals surface area contributed by atoms with E-state index in [0.717, 1.165) is 56.1 Å². The Bertz CT molecular complexity index is 1020. The minimum Gasteiger partial charge on any atom is -0.349 e. The fraction of sp³-hybridized carbons (Fsp3) is 0.593. The maximum absolute atomic E-state index is 13.1. The first kappa shape index (κ1) is 25.8. The number of rotatable bonds is 10. The molecule has 2 N–H and O–H groups in total. The standard InChI is InChI=1S/C27H39N5O2/c1-19(2)16-22(18-28)29-27(34)23-8-5-6-9-24(23)30-26(33)21-10-11-25-20(17-21)12-15-32(25)14-7-13-31(3)4/h10-12,15,17,19,22-24H,5-9,13-14,16H2,1-4H3,(H,29,34)(H,30,33)/t22-,23+,24-/m0/s1. The molecule has 0 bridgehead atoms. The number of aromatic nitrogens is 1. The molecule has 3 atom stereocenters. The summed E-state index contributed by atoms with van der Waals surface area (Å²) in [5.74, 6) is -0.250.